The van der Waals surface area contributed by atoms with Crippen LogP contribution < -0.4 is 4.84 Å². The zero-order valence-electron chi connectivity index (χ0n) is 8.02. The van der Waals surface area contributed by atoms with Crippen molar-refractivity contribution in [3.63, 3.8) is 0 Å². The van der Waals surface area contributed by atoms with Crippen LogP contribution in [0.5, 0.6) is 0 Å². The molecule has 0 aromatic carbocycles. The lowest BCUT2D eigenvalue weighted by molar-refractivity contribution is 0.199. The van der Waals surface area contributed by atoms with Gasteiger partial charge in [0.1, 0.15) is 0 Å². The molecule has 1 saturated carbocycles. The van der Waals surface area contributed by atoms with E-state index in [1.807, 2.05) is 0 Å². The fraction of sp³-hybridized carbons (Fsp3) is 0.857. The van der Waals surface area contributed by atoms with E-state index in [1.54, 1.807) is 4.84 Å². The van der Waals surface area contributed by atoms with Crippen LogP contribution in [0, 0.1) is 0 Å². The van der Waals surface area contributed by atoms with Crippen LogP contribution in [0.2, 0.25) is 0 Å². The van der Waals surface area contributed by atoms with Crippen LogP contribution in [-0.2, 0) is 10.3 Å². The summed E-state index contributed by atoms with van der Waals surface area (Å²) in [6, 6.07) is -1.50. The Balaban J connectivity index is 2.85. The first-order valence-electron chi connectivity index (χ1n) is 4.64. The Labute approximate surface area is 93.6 Å². The average molecular weight is 257 g/mol. The molecule has 8 heteroatoms. The standard InChI is InChI=1S/C7H13ClN2O4S/c8-9-7(11)10(15(12,13)14)6-4-2-1-3-5-6/h6H,1-5H2,(H,9,11)(H,12,13,14). The minimum absolute atomic E-state index is 0.416. The van der Waals surface area contributed by atoms with Gasteiger partial charge in [0.05, 0.1) is 6.04 Å². The lowest BCUT2D eigenvalue weighted by Crippen LogP contribution is -2.47. The van der Waals surface area contributed by atoms with Gasteiger partial charge in [0.25, 0.3) is 0 Å². The van der Waals surface area contributed by atoms with Gasteiger partial charge in [-0.05, 0) is 12.8 Å². The van der Waals surface area contributed by atoms with E-state index in [1.165, 1.54) is 0 Å². The molecule has 6 nitrogen and oxygen atoms in total. The van der Waals surface area contributed by atoms with Crippen LogP contribution in [0.3, 0.4) is 0 Å². The van der Waals surface area contributed by atoms with Gasteiger partial charge in [-0.2, -0.15) is 12.7 Å². The van der Waals surface area contributed by atoms with Crippen molar-refractivity contribution in [2.75, 3.05) is 0 Å². The van der Waals surface area contributed by atoms with Crippen molar-refractivity contribution in [1.29, 1.82) is 0 Å². The second kappa shape index (κ2) is 5.00. The molecule has 1 aliphatic rings. The van der Waals surface area contributed by atoms with E-state index in [9.17, 15) is 13.2 Å². The molecule has 0 saturated heterocycles. The molecule has 1 rings (SSSR count). The van der Waals surface area contributed by atoms with E-state index in [0.717, 1.165) is 19.3 Å². The van der Waals surface area contributed by atoms with Gasteiger partial charge in [0, 0.05) is 11.8 Å². The SMILES string of the molecule is O=C(NCl)N(C1CCCCC1)S(=O)(=O)O. The van der Waals surface area contributed by atoms with Crippen molar-refractivity contribution in [3.05, 3.63) is 0 Å². The number of carbonyl (C=O) groups is 1. The van der Waals surface area contributed by atoms with Gasteiger partial charge < -0.3 is 0 Å². The summed E-state index contributed by atoms with van der Waals surface area (Å²) in [5.41, 5.74) is 0. The van der Waals surface area contributed by atoms with Crippen molar-refractivity contribution >= 4 is 28.1 Å². The largest absolute Gasteiger partial charge is 0.363 e. The summed E-state index contributed by atoms with van der Waals surface area (Å²) in [4.78, 5) is 12.9. The number of urea groups is 1. The molecule has 0 aromatic rings. The molecule has 0 spiro atoms. The van der Waals surface area contributed by atoms with Crippen molar-refractivity contribution in [1.82, 2.24) is 9.14 Å². The number of halogens is 1. The quantitative estimate of drug-likeness (QED) is 0.576. The van der Waals surface area contributed by atoms with Gasteiger partial charge in [-0.3, -0.25) is 4.55 Å². The summed E-state index contributed by atoms with van der Waals surface area (Å²) in [6.45, 7) is 0. The van der Waals surface area contributed by atoms with Crippen LogP contribution in [0.4, 0.5) is 4.79 Å². The maximum Gasteiger partial charge on any atom is 0.363 e. The predicted octanol–water partition coefficient (Wildman–Crippen LogP) is 1.29. The van der Waals surface area contributed by atoms with Crippen LogP contribution in [-0.4, -0.2) is 29.3 Å². The molecule has 0 unspecified atom stereocenters. The monoisotopic (exact) mass is 256 g/mol. The molecule has 1 aliphatic carbocycles. The van der Waals surface area contributed by atoms with Gasteiger partial charge in [-0.25, -0.2) is 9.63 Å². The lowest BCUT2D eigenvalue weighted by Gasteiger charge is -2.30. The van der Waals surface area contributed by atoms with Gasteiger partial charge in [0.15, 0.2) is 0 Å². The Morgan fingerprint density at radius 3 is 2.27 bits per heavy atom. The van der Waals surface area contributed by atoms with E-state index >= 15 is 0 Å². The number of amides is 2. The van der Waals surface area contributed by atoms with E-state index < -0.39 is 22.4 Å². The molecule has 0 heterocycles. The molecule has 2 N–H and O–H groups in total. The highest BCUT2D eigenvalue weighted by Gasteiger charge is 2.33. The maximum absolute atomic E-state index is 11.2. The van der Waals surface area contributed by atoms with Crippen molar-refractivity contribution in [3.8, 4) is 0 Å². The number of hydrogen-bond acceptors (Lipinski definition) is 3. The summed E-state index contributed by atoms with van der Waals surface area (Å²) in [6.07, 6.45) is 3.81. The minimum atomic E-state index is -4.54. The molecule has 2 amide bonds. The topological polar surface area (TPSA) is 86.7 Å². The highest BCUT2D eigenvalue weighted by atomic mass is 35.5. The van der Waals surface area contributed by atoms with E-state index in [2.05, 4.69) is 0 Å². The number of nitrogens with one attached hydrogen (secondary N) is 1. The Morgan fingerprint density at radius 1 is 1.33 bits per heavy atom. The smallest absolute Gasteiger partial charge is 0.269 e. The van der Waals surface area contributed by atoms with Crippen molar-refractivity contribution in [2.24, 2.45) is 0 Å². The Hall–Kier alpha value is -0.530. The number of carbonyl (C=O) groups excluding carboxylic acids is 1. The first kappa shape index (κ1) is 12.5. The number of nitrogens with zero attached hydrogens (tertiary/aromatic N) is 1. The van der Waals surface area contributed by atoms with Gasteiger partial charge in [-0.1, -0.05) is 19.3 Å². The van der Waals surface area contributed by atoms with E-state index in [0.29, 0.717) is 17.1 Å². The number of hydrogen-bond donors (Lipinski definition) is 2. The molecule has 0 bridgehead atoms. The third kappa shape index (κ3) is 3.22. The lowest BCUT2D eigenvalue weighted by atomic mass is 9.96. The molecule has 0 aliphatic heterocycles. The molecule has 0 radical (unpaired) electrons. The fourth-order valence-corrected chi connectivity index (χ4v) is 2.80. The van der Waals surface area contributed by atoms with E-state index in [-0.39, 0.29) is 0 Å². The molecule has 0 atom stereocenters. The third-order valence-corrected chi connectivity index (χ3v) is 3.56. The first-order chi connectivity index (χ1) is 6.96. The molecule has 1 fully saturated rings. The highest BCUT2D eigenvalue weighted by Crippen LogP contribution is 2.24. The second-order valence-electron chi connectivity index (χ2n) is 3.47. The summed E-state index contributed by atoms with van der Waals surface area (Å²) in [5.74, 6) is 0. The van der Waals surface area contributed by atoms with Crippen molar-refractivity contribution in [2.45, 2.75) is 38.1 Å². The maximum atomic E-state index is 11.2. The van der Waals surface area contributed by atoms with E-state index in [4.69, 9.17) is 16.3 Å². The Kier molecular flexibility index (Phi) is 4.18. The molecule has 88 valence electrons. The van der Waals surface area contributed by atoms with Gasteiger partial charge >= 0.3 is 16.3 Å². The normalized spacial score (nSPS) is 18.5. The average Bonchev–Trinajstić information content (AvgIpc) is 2.17. The minimum Gasteiger partial charge on any atom is -0.269 e. The molecular weight excluding hydrogens is 244 g/mol. The van der Waals surface area contributed by atoms with Crippen LogP contribution in [0.25, 0.3) is 0 Å². The second-order valence-corrected chi connectivity index (χ2v) is 4.94. The molecular formula is C7H13ClN2O4S. The van der Waals surface area contributed by atoms with Crippen LogP contribution >= 0.6 is 11.8 Å². The summed E-state index contributed by atoms with van der Waals surface area (Å²) < 4.78 is 31.3. The van der Waals surface area contributed by atoms with Gasteiger partial charge in [-0.15, -0.1) is 0 Å². The summed E-state index contributed by atoms with van der Waals surface area (Å²) in [5, 5.41) is 0. The zero-order valence-corrected chi connectivity index (χ0v) is 9.59. The molecule has 0 aromatic heterocycles. The highest BCUT2D eigenvalue weighted by molar-refractivity contribution is 7.84. The summed E-state index contributed by atoms with van der Waals surface area (Å²) >= 11 is 5.06. The predicted molar refractivity (Wildman–Crippen MR) is 54.6 cm³/mol. The Morgan fingerprint density at radius 2 is 1.87 bits per heavy atom. The van der Waals surface area contributed by atoms with Crippen LogP contribution in [0.1, 0.15) is 32.1 Å². The fourth-order valence-electron chi connectivity index (χ4n) is 1.82. The summed E-state index contributed by atoms with van der Waals surface area (Å²) in [7, 11) is -4.54. The number of rotatable bonds is 2. The molecule has 15 heavy (non-hydrogen) atoms. The third-order valence-electron chi connectivity index (χ3n) is 2.44. The Bertz CT molecular complexity index is 326. The van der Waals surface area contributed by atoms with Crippen LogP contribution in [0.15, 0.2) is 0 Å². The van der Waals surface area contributed by atoms with Gasteiger partial charge in [0.2, 0.25) is 0 Å². The zero-order chi connectivity index (χ0) is 11.5. The van der Waals surface area contributed by atoms with Crippen molar-refractivity contribution < 1.29 is 17.8 Å². The first-order valence-corrected chi connectivity index (χ1v) is 6.41.